The lowest BCUT2D eigenvalue weighted by Crippen LogP contribution is -2.16. The molecule has 0 atom stereocenters. The number of esters is 1. The van der Waals surface area contributed by atoms with Gasteiger partial charge in [-0.15, -0.1) is 0 Å². The van der Waals surface area contributed by atoms with Gasteiger partial charge in [0.15, 0.2) is 0 Å². The lowest BCUT2D eigenvalue weighted by atomic mass is 9.85. The molecule has 0 amide bonds. The average molecular weight is 419 g/mol. The Labute approximate surface area is 175 Å². The van der Waals surface area contributed by atoms with Crippen LogP contribution in [0.3, 0.4) is 0 Å². The van der Waals surface area contributed by atoms with Crippen molar-refractivity contribution in [2.45, 2.75) is 65.0 Å². The first-order valence-corrected chi connectivity index (χ1v) is 10.0. The minimum Gasteiger partial charge on any atom is -0.422 e. The molecule has 0 bridgehead atoms. The van der Waals surface area contributed by atoms with Crippen molar-refractivity contribution in [2.75, 3.05) is 0 Å². The maximum Gasteiger partial charge on any atom is 0.416 e. The van der Waals surface area contributed by atoms with E-state index in [4.69, 9.17) is 10.1 Å². The zero-order valence-corrected chi connectivity index (χ0v) is 17.8. The maximum atomic E-state index is 12.7. The normalized spacial score (nSPS) is 12.0. The summed E-state index contributed by atoms with van der Waals surface area (Å²) in [4.78, 5) is 12.5. The SMILES string of the molecule is CCCCCC(=N)c1cc(C(C)(C)C)ccc1OC(=O)c1ccc(C(F)(F)F)cc1. The van der Waals surface area contributed by atoms with Crippen LogP contribution in [0.5, 0.6) is 5.75 Å². The highest BCUT2D eigenvalue weighted by molar-refractivity contribution is 6.02. The van der Waals surface area contributed by atoms with Crippen LogP contribution in [0.2, 0.25) is 0 Å². The number of hydrogen-bond acceptors (Lipinski definition) is 3. The van der Waals surface area contributed by atoms with Gasteiger partial charge in [0, 0.05) is 11.3 Å². The van der Waals surface area contributed by atoms with Gasteiger partial charge in [-0.05, 0) is 60.2 Å². The van der Waals surface area contributed by atoms with Crippen molar-refractivity contribution >= 4 is 11.7 Å². The molecule has 0 heterocycles. The lowest BCUT2D eigenvalue weighted by Gasteiger charge is -2.21. The molecule has 2 aromatic rings. The molecule has 6 heteroatoms. The van der Waals surface area contributed by atoms with Crippen LogP contribution < -0.4 is 4.74 Å². The van der Waals surface area contributed by atoms with Crippen molar-refractivity contribution in [3.05, 3.63) is 64.7 Å². The summed E-state index contributed by atoms with van der Waals surface area (Å²) in [6.45, 7) is 8.25. The molecule has 30 heavy (non-hydrogen) atoms. The number of rotatable bonds is 7. The summed E-state index contributed by atoms with van der Waals surface area (Å²) >= 11 is 0. The Hall–Kier alpha value is -2.63. The molecule has 2 aromatic carbocycles. The Balaban J connectivity index is 2.30. The second-order valence-corrected chi connectivity index (χ2v) is 8.36. The third-order valence-corrected chi connectivity index (χ3v) is 4.85. The number of halogens is 3. The summed E-state index contributed by atoms with van der Waals surface area (Å²) < 4.78 is 43.7. The summed E-state index contributed by atoms with van der Waals surface area (Å²) in [6, 6.07) is 9.27. The standard InChI is InChI=1S/C24H28F3NO2/c1-5-6-7-8-20(28)19-15-18(23(2,3)4)13-14-21(19)30-22(29)16-9-11-17(12-10-16)24(25,26)27/h9-15,28H,5-8H2,1-4H3. The van der Waals surface area contributed by atoms with E-state index in [1.165, 1.54) is 0 Å². The number of unbranched alkanes of at least 4 members (excludes halogenated alkanes) is 2. The van der Waals surface area contributed by atoms with Gasteiger partial charge < -0.3 is 10.1 Å². The van der Waals surface area contributed by atoms with Gasteiger partial charge in [-0.1, -0.05) is 46.6 Å². The summed E-state index contributed by atoms with van der Waals surface area (Å²) in [5.41, 5.74) is 0.975. The molecule has 0 saturated carbocycles. The number of carbonyl (C=O) groups excluding carboxylic acids is 1. The number of hydrogen-bond donors (Lipinski definition) is 1. The van der Waals surface area contributed by atoms with Gasteiger partial charge in [0.05, 0.1) is 11.1 Å². The fourth-order valence-electron chi connectivity index (χ4n) is 2.96. The van der Waals surface area contributed by atoms with Crippen molar-refractivity contribution in [3.8, 4) is 5.75 Å². The Kier molecular flexibility index (Phi) is 7.45. The predicted octanol–water partition coefficient (Wildman–Crippen LogP) is 7.17. The van der Waals surface area contributed by atoms with Crippen LogP contribution in [0.4, 0.5) is 13.2 Å². The smallest absolute Gasteiger partial charge is 0.416 e. The molecule has 2 rings (SSSR count). The van der Waals surface area contributed by atoms with Crippen LogP contribution in [-0.2, 0) is 11.6 Å². The molecule has 0 aromatic heterocycles. The molecule has 0 saturated heterocycles. The zero-order chi connectivity index (χ0) is 22.5. The van der Waals surface area contributed by atoms with E-state index in [9.17, 15) is 18.0 Å². The fraction of sp³-hybridized carbons (Fsp3) is 0.417. The molecule has 0 fully saturated rings. The highest BCUT2D eigenvalue weighted by Gasteiger charge is 2.30. The molecular formula is C24H28F3NO2. The van der Waals surface area contributed by atoms with Gasteiger partial charge in [-0.25, -0.2) is 4.79 Å². The predicted molar refractivity (Wildman–Crippen MR) is 113 cm³/mol. The van der Waals surface area contributed by atoms with Crippen molar-refractivity contribution in [3.63, 3.8) is 0 Å². The molecule has 3 nitrogen and oxygen atoms in total. The van der Waals surface area contributed by atoms with Gasteiger partial charge in [-0.3, -0.25) is 0 Å². The van der Waals surface area contributed by atoms with Crippen LogP contribution in [0.25, 0.3) is 0 Å². The number of ether oxygens (including phenoxy) is 1. The Bertz CT molecular complexity index is 894. The van der Waals surface area contributed by atoms with Crippen molar-refractivity contribution in [1.29, 1.82) is 5.41 Å². The van der Waals surface area contributed by atoms with Crippen molar-refractivity contribution in [1.82, 2.24) is 0 Å². The van der Waals surface area contributed by atoms with E-state index < -0.39 is 17.7 Å². The summed E-state index contributed by atoms with van der Waals surface area (Å²) in [6.07, 6.45) is -1.01. The van der Waals surface area contributed by atoms with Gasteiger partial charge in [0.25, 0.3) is 0 Å². The number of carbonyl (C=O) groups is 1. The number of benzene rings is 2. The summed E-state index contributed by atoms with van der Waals surface area (Å²) in [7, 11) is 0. The van der Waals surface area contributed by atoms with E-state index in [-0.39, 0.29) is 16.7 Å². The van der Waals surface area contributed by atoms with Gasteiger partial charge in [0.1, 0.15) is 5.75 Å². The first-order valence-electron chi connectivity index (χ1n) is 10.0. The highest BCUT2D eigenvalue weighted by atomic mass is 19.4. The first-order chi connectivity index (χ1) is 13.9. The van der Waals surface area contributed by atoms with Gasteiger partial charge >= 0.3 is 12.1 Å². The molecular weight excluding hydrogens is 391 g/mol. The van der Waals surface area contributed by atoms with Crippen LogP contribution in [0, 0.1) is 5.41 Å². The molecule has 0 spiro atoms. The Morgan fingerprint density at radius 2 is 1.57 bits per heavy atom. The van der Waals surface area contributed by atoms with E-state index in [1.54, 1.807) is 6.07 Å². The average Bonchev–Trinajstić information content (AvgIpc) is 2.67. The Morgan fingerprint density at radius 3 is 2.10 bits per heavy atom. The minimum atomic E-state index is -4.47. The van der Waals surface area contributed by atoms with Crippen LogP contribution in [0.1, 0.15) is 80.4 Å². The first kappa shape index (κ1) is 23.6. The molecule has 0 unspecified atom stereocenters. The summed E-state index contributed by atoms with van der Waals surface area (Å²) in [5, 5.41) is 8.48. The topological polar surface area (TPSA) is 50.1 Å². The largest absolute Gasteiger partial charge is 0.422 e. The van der Waals surface area contributed by atoms with Crippen LogP contribution in [0.15, 0.2) is 42.5 Å². The van der Waals surface area contributed by atoms with Gasteiger partial charge in [-0.2, -0.15) is 13.2 Å². The molecule has 0 aliphatic rings. The van der Waals surface area contributed by atoms with E-state index in [1.807, 2.05) is 12.1 Å². The Morgan fingerprint density at radius 1 is 0.967 bits per heavy atom. The number of nitrogens with one attached hydrogen (secondary N) is 1. The van der Waals surface area contributed by atoms with E-state index >= 15 is 0 Å². The highest BCUT2D eigenvalue weighted by Crippen LogP contribution is 2.31. The van der Waals surface area contributed by atoms with Crippen molar-refractivity contribution in [2.24, 2.45) is 0 Å². The van der Waals surface area contributed by atoms with E-state index in [0.29, 0.717) is 17.7 Å². The molecule has 1 N–H and O–H groups in total. The zero-order valence-electron chi connectivity index (χ0n) is 17.8. The minimum absolute atomic E-state index is 0.0198. The van der Waals surface area contributed by atoms with Crippen molar-refractivity contribution < 1.29 is 22.7 Å². The summed E-state index contributed by atoms with van der Waals surface area (Å²) in [5.74, 6) is -0.510. The maximum absolute atomic E-state index is 12.7. The lowest BCUT2D eigenvalue weighted by molar-refractivity contribution is -0.137. The number of alkyl halides is 3. The fourth-order valence-corrected chi connectivity index (χ4v) is 2.96. The second kappa shape index (κ2) is 9.45. The van der Waals surface area contributed by atoms with Crippen LogP contribution in [-0.4, -0.2) is 11.7 Å². The monoisotopic (exact) mass is 419 g/mol. The van der Waals surface area contributed by atoms with E-state index in [0.717, 1.165) is 49.1 Å². The van der Waals surface area contributed by atoms with Gasteiger partial charge in [0.2, 0.25) is 0 Å². The third-order valence-electron chi connectivity index (χ3n) is 4.85. The second-order valence-electron chi connectivity index (χ2n) is 8.36. The molecule has 162 valence electrons. The van der Waals surface area contributed by atoms with Crippen LogP contribution >= 0.6 is 0 Å². The molecule has 0 aliphatic heterocycles. The molecule has 0 aliphatic carbocycles. The molecule has 0 radical (unpaired) electrons. The van der Waals surface area contributed by atoms with E-state index in [2.05, 4.69) is 27.7 Å². The quantitative estimate of drug-likeness (QED) is 0.224. The third kappa shape index (κ3) is 6.18.